The molecule has 1 amide bonds. The molecule has 0 fully saturated rings. The van der Waals surface area contributed by atoms with Crippen molar-refractivity contribution in [3.63, 3.8) is 0 Å². The second-order valence-electron chi connectivity index (χ2n) is 4.41. The summed E-state index contributed by atoms with van der Waals surface area (Å²) in [5, 5.41) is 2.94. The van der Waals surface area contributed by atoms with Gasteiger partial charge in [-0.25, -0.2) is 0 Å². The Morgan fingerprint density at radius 2 is 1.73 bits per heavy atom. The topological polar surface area (TPSA) is 29.1 Å². The van der Waals surface area contributed by atoms with Crippen LogP contribution in [0.5, 0.6) is 0 Å². The lowest BCUT2D eigenvalue weighted by molar-refractivity contribution is -0.116. The van der Waals surface area contributed by atoms with Crippen LogP contribution < -0.4 is 5.32 Å². The third-order valence-corrected chi connectivity index (χ3v) is 3.45. The Bertz CT molecular complexity index is 336. The summed E-state index contributed by atoms with van der Waals surface area (Å²) in [4.78, 5) is 11.7. The number of carbonyl (C=O) groups excluding carboxylic acids is 1. The van der Waals surface area contributed by atoms with Crippen molar-refractivity contribution < 1.29 is 4.79 Å². The van der Waals surface area contributed by atoms with Gasteiger partial charge in [0.25, 0.3) is 5.91 Å². The van der Waals surface area contributed by atoms with E-state index in [0.717, 1.165) is 24.1 Å². The predicted molar refractivity (Wildman–Crippen MR) is 63.3 cm³/mol. The van der Waals surface area contributed by atoms with Gasteiger partial charge >= 0.3 is 0 Å². The van der Waals surface area contributed by atoms with E-state index in [1.165, 1.54) is 11.1 Å². The monoisotopic (exact) mass is 207 g/mol. The molecular formula is C13H21NO. The smallest absolute Gasteiger partial charge is 0.250 e. The van der Waals surface area contributed by atoms with Gasteiger partial charge in [-0.3, -0.25) is 4.79 Å². The fourth-order valence-corrected chi connectivity index (χ4v) is 2.11. The largest absolute Gasteiger partial charge is 0.326 e. The van der Waals surface area contributed by atoms with Gasteiger partial charge < -0.3 is 5.32 Å². The van der Waals surface area contributed by atoms with Crippen molar-refractivity contribution in [2.75, 3.05) is 0 Å². The Morgan fingerprint density at radius 3 is 2.27 bits per heavy atom. The van der Waals surface area contributed by atoms with Gasteiger partial charge in [0.2, 0.25) is 0 Å². The van der Waals surface area contributed by atoms with Crippen LogP contribution in [0.15, 0.2) is 22.4 Å². The molecule has 2 heteroatoms. The molecule has 1 rings (SSSR count). The first-order valence-electron chi connectivity index (χ1n) is 5.65. The van der Waals surface area contributed by atoms with Gasteiger partial charge in [-0.05, 0) is 39.7 Å². The first-order chi connectivity index (χ1) is 6.99. The number of rotatable bonds is 2. The average Bonchev–Trinajstić information content (AvgIpc) is 2.26. The van der Waals surface area contributed by atoms with Crippen LogP contribution >= 0.6 is 0 Å². The summed E-state index contributed by atoms with van der Waals surface area (Å²) >= 11 is 0. The Morgan fingerprint density at radius 1 is 1.13 bits per heavy atom. The summed E-state index contributed by atoms with van der Waals surface area (Å²) in [6.45, 7) is 10.3. The van der Waals surface area contributed by atoms with E-state index in [2.05, 4.69) is 26.1 Å². The van der Waals surface area contributed by atoms with E-state index >= 15 is 0 Å². The van der Waals surface area contributed by atoms with Crippen LogP contribution in [0.1, 0.15) is 47.5 Å². The van der Waals surface area contributed by atoms with Crippen molar-refractivity contribution in [1.82, 2.24) is 5.32 Å². The Balaban J connectivity index is 3.17. The van der Waals surface area contributed by atoms with Crippen molar-refractivity contribution in [3.05, 3.63) is 22.4 Å². The van der Waals surface area contributed by atoms with E-state index in [9.17, 15) is 4.79 Å². The van der Waals surface area contributed by atoms with Gasteiger partial charge in [0.1, 0.15) is 0 Å². The molecule has 0 aromatic carbocycles. The molecular weight excluding hydrogens is 186 g/mol. The van der Waals surface area contributed by atoms with E-state index in [1.54, 1.807) is 0 Å². The van der Waals surface area contributed by atoms with Crippen molar-refractivity contribution >= 4 is 5.91 Å². The molecule has 1 N–H and O–H groups in total. The van der Waals surface area contributed by atoms with Crippen LogP contribution in [0.25, 0.3) is 0 Å². The highest BCUT2D eigenvalue weighted by Crippen LogP contribution is 2.30. The van der Waals surface area contributed by atoms with Crippen molar-refractivity contribution in [2.24, 2.45) is 5.92 Å². The molecule has 0 radical (unpaired) electrons. The van der Waals surface area contributed by atoms with Crippen LogP contribution in [0, 0.1) is 5.92 Å². The summed E-state index contributed by atoms with van der Waals surface area (Å²) < 4.78 is 0. The molecule has 1 unspecified atom stereocenters. The minimum atomic E-state index is 0.0583. The molecule has 0 bridgehead atoms. The molecule has 1 aliphatic heterocycles. The van der Waals surface area contributed by atoms with Crippen LogP contribution in [0.2, 0.25) is 0 Å². The summed E-state index contributed by atoms with van der Waals surface area (Å²) in [5.74, 6) is 0.497. The molecule has 1 aliphatic rings. The molecule has 0 saturated carbocycles. The van der Waals surface area contributed by atoms with E-state index in [-0.39, 0.29) is 5.91 Å². The van der Waals surface area contributed by atoms with Gasteiger partial charge in [-0.1, -0.05) is 18.9 Å². The highest BCUT2D eigenvalue weighted by Gasteiger charge is 2.22. The lowest BCUT2D eigenvalue weighted by Gasteiger charge is -2.18. The quantitative estimate of drug-likeness (QED) is 0.740. The number of amides is 1. The van der Waals surface area contributed by atoms with Gasteiger partial charge in [0.05, 0.1) is 0 Å². The predicted octanol–water partition coefficient (Wildman–Crippen LogP) is 3.16. The highest BCUT2D eigenvalue weighted by molar-refractivity contribution is 5.95. The van der Waals surface area contributed by atoms with Gasteiger partial charge in [-0.15, -0.1) is 0 Å². The second kappa shape index (κ2) is 4.65. The van der Waals surface area contributed by atoms with Gasteiger partial charge in [0, 0.05) is 17.2 Å². The molecule has 84 valence electrons. The Hall–Kier alpha value is -1.05. The van der Waals surface area contributed by atoms with E-state index < -0.39 is 0 Å². The van der Waals surface area contributed by atoms with Crippen LogP contribution in [0.4, 0.5) is 0 Å². The first kappa shape index (κ1) is 12.0. The number of hydrogen-bond donors (Lipinski definition) is 1. The fourth-order valence-electron chi connectivity index (χ4n) is 2.11. The maximum Gasteiger partial charge on any atom is 0.250 e. The highest BCUT2D eigenvalue weighted by atomic mass is 16.1. The third-order valence-electron chi connectivity index (χ3n) is 3.45. The standard InChI is InChI=1S/C13H21NO/c1-6-7-12-8(2)9(3)13(15)14-11(5)10(12)4/h12H,6-7H2,1-5H3,(H,14,15). The van der Waals surface area contributed by atoms with Crippen molar-refractivity contribution in [1.29, 1.82) is 0 Å². The van der Waals surface area contributed by atoms with E-state index in [0.29, 0.717) is 5.92 Å². The van der Waals surface area contributed by atoms with Crippen molar-refractivity contribution in [3.8, 4) is 0 Å². The molecule has 0 aromatic heterocycles. The zero-order valence-electron chi connectivity index (χ0n) is 10.4. The molecule has 0 spiro atoms. The number of allylic oxidation sites excluding steroid dienone is 3. The molecule has 2 nitrogen and oxygen atoms in total. The maximum atomic E-state index is 11.7. The molecule has 0 aromatic rings. The van der Waals surface area contributed by atoms with Crippen LogP contribution in [-0.4, -0.2) is 5.91 Å². The van der Waals surface area contributed by atoms with E-state index in [1.807, 2.05) is 13.8 Å². The average molecular weight is 207 g/mol. The Labute approximate surface area is 92.4 Å². The lowest BCUT2D eigenvalue weighted by Crippen LogP contribution is -2.21. The summed E-state index contributed by atoms with van der Waals surface area (Å²) in [5.41, 5.74) is 4.43. The summed E-state index contributed by atoms with van der Waals surface area (Å²) in [6, 6.07) is 0. The van der Waals surface area contributed by atoms with Crippen LogP contribution in [-0.2, 0) is 4.79 Å². The third kappa shape index (κ3) is 2.31. The lowest BCUT2D eigenvalue weighted by atomic mass is 9.86. The number of carbonyl (C=O) groups is 1. The van der Waals surface area contributed by atoms with Crippen molar-refractivity contribution in [2.45, 2.75) is 47.5 Å². The van der Waals surface area contributed by atoms with Gasteiger partial charge in [0.15, 0.2) is 0 Å². The maximum absolute atomic E-state index is 11.7. The minimum absolute atomic E-state index is 0.0583. The molecule has 0 saturated heterocycles. The zero-order chi connectivity index (χ0) is 11.6. The molecule has 1 atom stereocenters. The number of nitrogens with one attached hydrogen (secondary N) is 1. The van der Waals surface area contributed by atoms with Crippen LogP contribution in [0.3, 0.4) is 0 Å². The SMILES string of the molecule is CCCC1C(C)=C(C)NC(=O)C(C)=C1C. The first-order valence-corrected chi connectivity index (χ1v) is 5.65. The minimum Gasteiger partial charge on any atom is -0.326 e. The van der Waals surface area contributed by atoms with E-state index in [4.69, 9.17) is 0 Å². The fraction of sp³-hybridized carbons (Fsp3) is 0.615. The Kier molecular flexibility index (Phi) is 3.72. The zero-order valence-corrected chi connectivity index (χ0v) is 10.4. The molecule has 1 heterocycles. The van der Waals surface area contributed by atoms with Gasteiger partial charge in [-0.2, -0.15) is 0 Å². The number of hydrogen-bond acceptors (Lipinski definition) is 1. The summed E-state index contributed by atoms with van der Waals surface area (Å²) in [6.07, 6.45) is 2.27. The normalized spacial score (nSPS) is 23.0. The second-order valence-corrected chi connectivity index (χ2v) is 4.41. The molecule has 15 heavy (non-hydrogen) atoms. The molecule has 0 aliphatic carbocycles. The summed E-state index contributed by atoms with van der Waals surface area (Å²) in [7, 11) is 0.